The summed E-state index contributed by atoms with van der Waals surface area (Å²) in [5.74, 6) is -1.76. The van der Waals surface area contributed by atoms with E-state index in [1.807, 2.05) is 0 Å². The molecule has 0 aliphatic carbocycles. The van der Waals surface area contributed by atoms with Crippen LogP contribution in [0, 0.1) is 17.6 Å². The summed E-state index contributed by atoms with van der Waals surface area (Å²) in [7, 11) is 4.11. The van der Waals surface area contributed by atoms with E-state index in [-0.39, 0.29) is 40.8 Å². The lowest BCUT2D eigenvalue weighted by atomic mass is 9.97. The molecular formula is C26H29F2N5O5. The van der Waals surface area contributed by atoms with Gasteiger partial charge in [0.25, 0.3) is 0 Å². The molecule has 3 heterocycles. The van der Waals surface area contributed by atoms with Crippen LogP contribution in [0.2, 0.25) is 0 Å². The number of methoxy groups -OCH3 is 3. The third kappa shape index (κ3) is 5.65. The second-order valence-electron chi connectivity index (χ2n) is 8.61. The SMILES string of the molecule is C=CC(=O)C[C@H]1COC[C@H]1Nc1ncc2cc(-c3c(F)c(OC)cc(OC)c3F)nc(NCCOC)c2n1. The van der Waals surface area contributed by atoms with Crippen LogP contribution < -0.4 is 20.1 Å². The summed E-state index contributed by atoms with van der Waals surface area (Å²) in [4.78, 5) is 25.4. The number of benzene rings is 1. The number of aromatic nitrogens is 3. The predicted octanol–water partition coefficient (Wildman–Crippen LogP) is 3.62. The Balaban J connectivity index is 1.76. The fourth-order valence-corrected chi connectivity index (χ4v) is 4.21. The van der Waals surface area contributed by atoms with E-state index in [4.69, 9.17) is 18.9 Å². The van der Waals surface area contributed by atoms with Crippen molar-refractivity contribution in [3.05, 3.63) is 42.6 Å². The third-order valence-corrected chi connectivity index (χ3v) is 6.20. The number of nitrogens with one attached hydrogen (secondary N) is 2. The van der Waals surface area contributed by atoms with E-state index in [1.165, 1.54) is 32.6 Å². The molecular weight excluding hydrogens is 500 g/mol. The first kappa shape index (κ1) is 27.1. The molecule has 1 aliphatic rings. The number of hydrogen-bond acceptors (Lipinski definition) is 10. The number of carbonyl (C=O) groups is 1. The van der Waals surface area contributed by atoms with Crippen molar-refractivity contribution in [2.24, 2.45) is 5.92 Å². The van der Waals surface area contributed by atoms with E-state index in [1.54, 1.807) is 7.11 Å². The summed E-state index contributed by atoms with van der Waals surface area (Å²) < 4.78 is 51.3. The van der Waals surface area contributed by atoms with Gasteiger partial charge in [0.2, 0.25) is 5.95 Å². The van der Waals surface area contributed by atoms with Gasteiger partial charge in [-0.3, -0.25) is 4.79 Å². The van der Waals surface area contributed by atoms with E-state index < -0.39 is 17.2 Å². The van der Waals surface area contributed by atoms with Crippen LogP contribution in [0.1, 0.15) is 6.42 Å². The van der Waals surface area contributed by atoms with Gasteiger partial charge in [-0.1, -0.05) is 6.58 Å². The van der Waals surface area contributed by atoms with E-state index in [0.29, 0.717) is 49.6 Å². The van der Waals surface area contributed by atoms with Crippen LogP contribution in [-0.2, 0) is 14.3 Å². The van der Waals surface area contributed by atoms with Crippen LogP contribution in [0.25, 0.3) is 22.2 Å². The molecule has 1 saturated heterocycles. The molecule has 0 amide bonds. The topological polar surface area (TPSA) is 117 Å². The van der Waals surface area contributed by atoms with Crippen molar-refractivity contribution in [3.63, 3.8) is 0 Å². The number of nitrogens with zero attached hydrogens (tertiary/aromatic N) is 3. The van der Waals surface area contributed by atoms with Gasteiger partial charge in [0.05, 0.1) is 51.3 Å². The molecule has 0 spiro atoms. The third-order valence-electron chi connectivity index (χ3n) is 6.20. The number of ketones is 1. The summed E-state index contributed by atoms with van der Waals surface area (Å²) in [6.45, 7) is 5.07. The zero-order chi connectivity index (χ0) is 27.2. The van der Waals surface area contributed by atoms with Crippen molar-refractivity contribution >= 4 is 28.5 Å². The van der Waals surface area contributed by atoms with Crippen LogP contribution in [0.5, 0.6) is 11.5 Å². The minimum atomic E-state index is -0.916. The number of hydrogen-bond donors (Lipinski definition) is 2. The number of fused-ring (bicyclic) bond motifs is 1. The van der Waals surface area contributed by atoms with Gasteiger partial charge in [0.15, 0.2) is 34.7 Å². The molecule has 2 aromatic heterocycles. The summed E-state index contributed by atoms with van der Waals surface area (Å²) in [6.07, 6.45) is 3.13. The second-order valence-corrected chi connectivity index (χ2v) is 8.61. The summed E-state index contributed by atoms with van der Waals surface area (Å²) in [5.41, 5.74) is 0.0229. The highest BCUT2D eigenvalue weighted by Crippen LogP contribution is 2.38. The quantitative estimate of drug-likeness (QED) is 0.266. The maximum atomic E-state index is 15.2. The standard InChI is InChI=1S/C26H29F2N5O5/c1-5-16(34)8-15-12-38-13-18(15)32-26-30-11-14-9-17(31-25(24(14)33-26)29-6-7-35-2)21-22(27)19(36-3)10-20(37-4)23(21)28/h5,9-11,15,18H,1,6-8,12-13H2,2-4H3,(H,29,31)(H,30,32,33)/t15-,18+/m0/s1. The molecule has 12 heteroatoms. The number of anilines is 2. The lowest BCUT2D eigenvalue weighted by Gasteiger charge is -2.19. The molecule has 2 N–H and O–H groups in total. The molecule has 10 nitrogen and oxygen atoms in total. The second kappa shape index (κ2) is 12.1. The minimum Gasteiger partial charge on any atom is -0.494 e. The first-order chi connectivity index (χ1) is 18.4. The Kier molecular flexibility index (Phi) is 8.64. The van der Waals surface area contributed by atoms with Crippen LogP contribution >= 0.6 is 0 Å². The van der Waals surface area contributed by atoms with Gasteiger partial charge in [-0.25, -0.2) is 23.7 Å². The smallest absolute Gasteiger partial charge is 0.223 e. The van der Waals surface area contributed by atoms with Gasteiger partial charge >= 0.3 is 0 Å². The van der Waals surface area contributed by atoms with Crippen LogP contribution in [0.4, 0.5) is 20.5 Å². The maximum absolute atomic E-state index is 15.2. The van der Waals surface area contributed by atoms with Crippen LogP contribution in [0.15, 0.2) is 31.0 Å². The fraction of sp³-hybridized carbons (Fsp3) is 0.385. The minimum absolute atomic E-state index is 0.00104. The molecule has 38 heavy (non-hydrogen) atoms. The van der Waals surface area contributed by atoms with Gasteiger partial charge in [-0.15, -0.1) is 0 Å². The Bertz CT molecular complexity index is 1310. The molecule has 202 valence electrons. The zero-order valence-electron chi connectivity index (χ0n) is 21.3. The number of halogens is 2. The number of ether oxygens (including phenoxy) is 4. The average molecular weight is 530 g/mol. The molecule has 0 unspecified atom stereocenters. The Morgan fingerprint density at radius 2 is 1.89 bits per heavy atom. The number of rotatable bonds is 12. The van der Waals surface area contributed by atoms with E-state index in [0.717, 1.165) is 6.07 Å². The van der Waals surface area contributed by atoms with Crippen molar-refractivity contribution in [1.82, 2.24) is 15.0 Å². The van der Waals surface area contributed by atoms with E-state index in [9.17, 15) is 4.79 Å². The highest BCUT2D eigenvalue weighted by atomic mass is 19.1. The predicted molar refractivity (Wildman–Crippen MR) is 138 cm³/mol. The van der Waals surface area contributed by atoms with E-state index in [2.05, 4.69) is 32.2 Å². The molecule has 2 atom stereocenters. The van der Waals surface area contributed by atoms with Gasteiger partial charge in [-0.05, 0) is 12.1 Å². The van der Waals surface area contributed by atoms with Crippen LogP contribution in [-0.4, -0.2) is 74.5 Å². The molecule has 1 fully saturated rings. The Hall–Kier alpha value is -3.90. The summed E-state index contributed by atoms with van der Waals surface area (Å²) >= 11 is 0. The summed E-state index contributed by atoms with van der Waals surface area (Å²) in [6, 6.07) is 2.45. The normalized spacial score (nSPS) is 16.9. The highest BCUT2D eigenvalue weighted by Gasteiger charge is 2.30. The largest absolute Gasteiger partial charge is 0.494 e. The number of carbonyl (C=O) groups excluding carboxylic acids is 1. The monoisotopic (exact) mass is 529 g/mol. The number of allylic oxidation sites excluding steroid dienone is 1. The zero-order valence-corrected chi connectivity index (χ0v) is 21.3. The molecule has 0 saturated carbocycles. The number of pyridine rings is 1. The first-order valence-corrected chi connectivity index (χ1v) is 11.9. The van der Waals surface area contributed by atoms with Gasteiger partial charge in [0.1, 0.15) is 5.52 Å². The first-order valence-electron chi connectivity index (χ1n) is 11.9. The maximum Gasteiger partial charge on any atom is 0.223 e. The van der Waals surface area contributed by atoms with Gasteiger partial charge in [-0.2, -0.15) is 0 Å². The Morgan fingerprint density at radius 3 is 2.55 bits per heavy atom. The lowest BCUT2D eigenvalue weighted by molar-refractivity contribution is -0.115. The van der Waals surface area contributed by atoms with Crippen molar-refractivity contribution in [2.75, 3.05) is 58.3 Å². The van der Waals surface area contributed by atoms with E-state index >= 15 is 8.78 Å². The van der Waals surface area contributed by atoms with Gasteiger partial charge < -0.3 is 29.6 Å². The van der Waals surface area contributed by atoms with Crippen molar-refractivity contribution in [1.29, 1.82) is 0 Å². The average Bonchev–Trinajstić information content (AvgIpc) is 3.35. The molecule has 4 rings (SSSR count). The Labute approximate surface area is 218 Å². The summed E-state index contributed by atoms with van der Waals surface area (Å²) in [5, 5.41) is 6.84. The van der Waals surface area contributed by atoms with Crippen LogP contribution in [0.3, 0.4) is 0 Å². The molecule has 0 bridgehead atoms. The van der Waals surface area contributed by atoms with Crippen molar-refractivity contribution < 1.29 is 32.5 Å². The van der Waals surface area contributed by atoms with Crippen molar-refractivity contribution in [2.45, 2.75) is 12.5 Å². The van der Waals surface area contributed by atoms with Crippen molar-refractivity contribution in [3.8, 4) is 22.8 Å². The highest BCUT2D eigenvalue weighted by molar-refractivity contribution is 5.92. The molecule has 0 radical (unpaired) electrons. The molecule has 3 aromatic rings. The molecule has 1 aliphatic heterocycles. The Morgan fingerprint density at radius 1 is 1.16 bits per heavy atom. The van der Waals surface area contributed by atoms with Gasteiger partial charge in [0, 0.05) is 43.6 Å². The lowest BCUT2D eigenvalue weighted by Crippen LogP contribution is -2.30. The fourth-order valence-electron chi connectivity index (χ4n) is 4.21. The molecule has 1 aromatic carbocycles.